The average Bonchev–Trinajstić information content (AvgIpc) is 2.34. The third-order valence-corrected chi connectivity index (χ3v) is 2.78. The molecule has 1 heterocycles. The summed E-state index contributed by atoms with van der Waals surface area (Å²) in [6.07, 6.45) is 1.75. The maximum Gasteiger partial charge on any atom is 0.236 e. The van der Waals surface area contributed by atoms with Gasteiger partial charge in [-0.05, 0) is 32.4 Å². The van der Waals surface area contributed by atoms with Crippen LogP contribution in [0.25, 0.3) is 0 Å². The van der Waals surface area contributed by atoms with Gasteiger partial charge in [-0.3, -0.25) is 9.78 Å². The number of hydrogen-bond acceptors (Lipinski definition) is 4. The molecule has 0 spiro atoms. The predicted molar refractivity (Wildman–Crippen MR) is 71.2 cm³/mol. The van der Waals surface area contributed by atoms with Crippen molar-refractivity contribution >= 4 is 11.6 Å². The number of nitrogens with two attached hydrogens (primary N) is 1. The zero-order valence-corrected chi connectivity index (χ0v) is 11.1. The Morgan fingerprint density at radius 1 is 1.50 bits per heavy atom. The van der Waals surface area contributed by atoms with E-state index in [9.17, 15) is 9.90 Å². The van der Waals surface area contributed by atoms with E-state index in [1.807, 2.05) is 31.7 Å². The number of anilines is 1. The van der Waals surface area contributed by atoms with Gasteiger partial charge >= 0.3 is 0 Å². The molecule has 3 N–H and O–H groups in total. The fourth-order valence-corrected chi connectivity index (χ4v) is 1.71. The van der Waals surface area contributed by atoms with Crippen LogP contribution in [0.5, 0.6) is 0 Å². The second-order valence-corrected chi connectivity index (χ2v) is 4.55. The minimum absolute atomic E-state index is 0.154. The van der Waals surface area contributed by atoms with Gasteiger partial charge in [-0.25, -0.2) is 0 Å². The molecule has 100 valence electrons. The van der Waals surface area contributed by atoms with Crippen LogP contribution in [0.1, 0.15) is 39.0 Å². The number of nitrogens with zero attached hydrogens (tertiary/aromatic N) is 2. The van der Waals surface area contributed by atoms with Crippen molar-refractivity contribution in [3.05, 3.63) is 24.0 Å². The van der Waals surface area contributed by atoms with E-state index in [2.05, 4.69) is 4.98 Å². The zero-order valence-electron chi connectivity index (χ0n) is 11.1. The normalized spacial score (nSPS) is 12.5. The van der Waals surface area contributed by atoms with Crippen molar-refractivity contribution in [1.29, 1.82) is 0 Å². The second kappa shape index (κ2) is 6.35. The first kappa shape index (κ1) is 14.4. The Balaban J connectivity index is 2.90. The molecule has 5 nitrogen and oxygen atoms in total. The summed E-state index contributed by atoms with van der Waals surface area (Å²) in [5.74, 6) is -0.374. The average molecular weight is 251 g/mol. The Labute approximate surface area is 108 Å². The van der Waals surface area contributed by atoms with Gasteiger partial charge in [0.25, 0.3) is 0 Å². The van der Waals surface area contributed by atoms with Crippen LogP contribution in [-0.4, -0.2) is 28.6 Å². The van der Waals surface area contributed by atoms with Crippen molar-refractivity contribution in [3.8, 4) is 0 Å². The highest BCUT2D eigenvalue weighted by Crippen LogP contribution is 2.19. The topological polar surface area (TPSA) is 79.5 Å². The van der Waals surface area contributed by atoms with E-state index in [1.54, 1.807) is 12.3 Å². The number of hydrogen-bond donors (Lipinski definition) is 2. The van der Waals surface area contributed by atoms with Gasteiger partial charge < -0.3 is 15.7 Å². The molecule has 18 heavy (non-hydrogen) atoms. The van der Waals surface area contributed by atoms with E-state index in [4.69, 9.17) is 5.73 Å². The van der Waals surface area contributed by atoms with Crippen LogP contribution < -0.4 is 10.6 Å². The van der Waals surface area contributed by atoms with Crippen LogP contribution in [0.2, 0.25) is 0 Å². The number of carbonyl (C=O) groups excluding carboxylic acids is 1. The molecule has 1 atom stereocenters. The molecule has 0 saturated heterocycles. The molecular formula is C13H21N3O2. The molecule has 1 unspecified atom stereocenters. The number of pyridine rings is 1. The smallest absolute Gasteiger partial charge is 0.236 e. The Morgan fingerprint density at radius 3 is 2.56 bits per heavy atom. The second-order valence-electron chi connectivity index (χ2n) is 4.55. The minimum Gasteiger partial charge on any atom is -0.387 e. The molecule has 0 aromatic carbocycles. The van der Waals surface area contributed by atoms with Crippen LogP contribution in [0.4, 0.5) is 5.69 Å². The molecule has 0 aliphatic heterocycles. The van der Waals surface area contributed by atoms with Gasteiger partial charge in [-0.1, -0.05) is 6.92 Å². The number of rotatable bonds is 6. The Bertz CT molecular complexity index is 390. The summed E-state index contributed by atoms with van der Waals surface area (Å²) in [6, 6.07) is 3.78. The highest BCUT2D eigenvalue weighted by Gasteiger charge is 2.14. The fourth-order valence-electron chi connectivity index (χ4n) is 1.71. The van der Waals surface area contributed by atoms with Crippen molar-refractivity contribution in [2.75, 3.05) is 11.4 Å². The standard InChI is InChI=1S/C13H21N3O2/c1-4-12(17)11-6-5-10(7-15-11)16(9(2)3)8-13(14)18/h5-7,9,12,17H,4,8H2,1-3H3,(H2,14,18). The summed E-state index contributed by atoms with van der Waals surface area (Å²) in [5.41, 5.74) is 6.70. The fraction of sp³-hybridized carbons (Fsp3) is 0.538. The summed E-state index contributed by atoms with van der Waals surface area (Å²) >= 11 is 0. The van der Waals surface area contributed by atoms with Crippen molar-refractivity contribution in [1.82, 2.24) is 4.98 Å². The van der Waals surface area contributed by atoms with Gasteiger partial charge in [-0.2, -0.15) is 0 Å². The predicted octanol–water partition coefficient (Wildman–Crippen LogP) is 1.23. The maximum absolute atomic E-state index is 11.0. The summed E-state index contributed by atoms with van der Waals surface area (Å²) < 4.78 is 0. The zero-order chi connectivity index (χ0) is 13.7. The van der Waals surface area contributed by atoms with Crippen molar-refractivity contribution in [3.63, 3.8) is 0 Å². The van der Waals surface area contributed by atoms with E-state index < -0.39 is 6.10 Å². The third-order valence-electron chi connectivity index (χ3n) is 2.78. The van der Waals surface area contributed by atoms with Gasteiger partial charge in [0.05, 0.1) is 30.2 Å². The highest BCUT2D eigenvalue weighted by atomic mass is 16.3. The van der Waals surface area contributed by atoms with Crippen LogP contribution in [0, 0.1) is 0 Å². The molecule has 0 fully saturated rings. The van der Waals surface area contributed by atoms with Crippen molar-refractivity contribution in [2.45, 2.75) is 39.3 Å². The van der Waals surface area contributed by atoms with E-state index in [0.29, 0.717) is 12.1 Å². The molecule has 0 aliphatic carbocycles. The first-order valence-electron chi connectivity index (χ1n) is 6.14. The van der Waals surface area contributed by atoms with Gasteiger partial charge in [0.1, 0.15) is 0 Å². The summed E-state index contributed by atoms with van der Waals surface area (Å²) in [5, 5.41) is 9.66. The Kier molecular flexibility index (Phi) is 5.09. The third kappa shape index (κ3) is 3.70. The van der Waals surface area contributed by atoms with Gasteiger partial charge in [0.2, 0.25) is 5.91 Å². The van der Waals surface area contributed by atoms with Crippen LogP contribution >= 0.6 is 0 Å². The molecule has 1 aromatic rings. The number of aliphatic hydroxyl groups is 1. The first-order valence-corrected chi connectivity index (χ1v) is 6.14. The maximum atomic E-state index is 11.0. The lowest BCUT2D eigenvalue weighted by molar-refractivity contribution is -0.116. The molecule has 1 aromatic heterocycles. The van der Waals surface area contributed by atoms with Gasteiger partial charge in [-0.15, -0.1) is 0 Å². The molecule has 1 rings (SSSR count). The number of amides is 1. The van der Waals surface area contributed by atoms with Crippen molar-refractivity contribution in [2.24, 2.45) is 5.73 Å². The Morgan fingerprint density at radius 2 is 2.17 bits per heavy atom. The van der Waals surface area contributed by atoms with Crippen LogP contribution in [0.15, 0.2) is 18.3 Å². The van der Waals surface area contributed by atoms with E-state index in [0.717, 1.165) is 5.69 Å². The molecular weight excluding hydrogens is 230 g/mol. The number of aliphatic hydroxyl groups excluding tert-OH is 1. The largest absolute Gasteiger partial charge is 0.387 e. The van der Waals surface area contributed by atoms with E-state index in [-0.39, 0.29) is 18.5 Å². The van der Waals surface area contributed by atoms with Gasteiger partial charge in [0.15, 0.2) is 0 Å². The summed E-state index contributed by atoms with van der Waals surface area (Å²) in [7, 11) is 0. The Hall–Kier alpha value is -1.62. The number of primary amides is 1. The monoisotopic (exact) mass is 251 g/mol. The highest BCUT2D eigenvalue weighted by molar-refractivity contribution is 5.79. The molecule has 0 saturated carbocycles. The minimum atomic E-state index is -0.539. The molecule has 0 radical (unpaired) electrons. The quantitative estimate of drug-likeness (QED) is 0.797. The van der Waals surface area contributed by atoms with Crippen LogP contribution in [-0.2, 0) is 4.79 Å². The molecule has 1 amide bonds. The summed E-state index contributed by atoms with van der Waals surface area (Å²) in [6.45, 7) is 6.03. The summed E-state index contributed by atoms with van der Waals surface area (Å²) in [4.78, 5) is 17.1. The molecule has 5 heteroatoms. The van der Waals surface area contributed by atoms with Gasteiger partial charge in [0, 0.05) is 6.04 Å². The first-order chi connectivity index (χ1) is 8.45. The lowest BCUT2D eigenvalue weighted by Gasteiger charge is -2.27. The van der Waals surface area contributed by atoms with Crippen LogP contribution in [0.3, 0.4) is 0 Å². The molecule has 0 aliphatic rings. The van der Waals surface area contributed by atoms with E-state index in [1.165, 1.54) is 0 Å². The number of aromatic nitrogens is 1. The van der Waals surface area contributed by atoms with Crippen molar-refractivity contribution < 1.29 is 9.90 Å². The molecule has 0 bridgehead atoms. The van der Waals surface area contributed by atoms with E-state index >= 15 is 0 Å². The number of carbonyl (C=O) groups is 1. The lowest BCUT2D eigenvalue weighted by Crippen LogP contribution is -2.38. The lowest BCUT2D eigenvalue weighted by atomic mass is 10.1. The SMILES string of the molecule is CCC(O)c1ccc(N(CC(N)=O)C(C)C)cn1.